The van der Waals surface area contributed by atoms with Crippen molar-refractivity contribution in [1.29, 1.82) is 0 Å². The number of amides is 2. The second-order valence-corrected chi connectivity index (χ2v) is 9.02. The summed E-state index contributed by atoms with van der Waals surface area (Å²) in [6.07, 6.45) is 6.02. The van der Waals surface area contributed by atoms with Crippen molar-refractivity contribution in [3.05, 3.63) is 78.5 Å². The number of benzene rings is 2. The third-order valence-corrected chi connectivity index (χ3v) is 6.51. The Morgan fingerprint density at radius 2 is 1.82 bits per heavy atom. The number of hydrogen-bond donors (Lipinski definition) is 1. The molecule has 0 radical (unpaired) electrons. The zero-order valence-electron chi connectivity index (χ0n) is 19.4. The van der Waals surface area contributed by atoms with Crippen molar-refractivity contribution < 1.29 is 9.59 Å². The molecule has 1 aromatic heterocycles. The number of aliphatic imine (C=N–C) groups is 1. The van der Waals surface area contributed by atoms with Crippen LogP contribution in [0.4, 0.5) is 11.4 Å². The number of carbonyl (C=O) groups excluding carboxylic acids is 2. The minimum atomic E-state index is -0.768. The number of nitrogens with one attached hydrogen (secondary N) is 1. The van der Waals surface area contributed by atoms with E-state index >= 15 is 0 Å². The van der Waals surface area contributed by atoms with Crippen molar-refractivity contribution in [1.82, 2.24) is 9.88 Å². The van der Waals surface area contributed by atoms with Crippen LogP contribution in [0, 0.1) is 6.92 Å². The molecule has 2 aromatic carbocycles. The van der Waals surface area contributed by atoms with Gasteiger partial charge in [-0.25, -0.2) is 0 Å². The lowest BCUT2D eigenvalue weighted by Crippen LogP contribution is -2.49. The van der Waals surface area contributed by atoms with E-state index in [1.807, 2.05) is 61.5 Å². The van der Waals surface area contributed by atoms with Crippen LogP contribution in [0.3, 0.4) is 0 Å². The Labute approximate surface area is 198 Å². The largest absolute Gasteiger partial charge is 0.321 e. The monoisotopic (exact) mass is 453 g/mol. The number of nitrogens with zero attached hydrogens (tertiary/aromatic N) is 4. The summed E-state index contributed by atoms with van der Waals surface area (Å²) < 4.78 is 0. The number of aryl methyl sites for hydroxylation is 1. The van der Waals surface area contributed by atoms with Gasteiger partial charge >= 0.3 is 0 Å². The van der Waals surface area contributed by atoms with E-state index in [9.17, 15) is 9.59 Å². The Morgan fingerprint density at radius 3 is 2.59 bits per heavy atom. The van der Waals surface area contributed by atoms with E-state index in [0.29, 0.717) is 24.4 Å². The van der Waals surface area contributed by atoms with E-state index in [1.165, 1.54) is 6.08 Å². The molecule has 2 aliphatic rings. The molecule has 7 heteroatoms. The molecule has 1 N–H and O–H groups in total. The highest BCUT2D eigenvalue weighted by atomic mass is 16.2. The number of pyridine rings is 1. The summed E-state index contributed by atoms with van der Waals surface area (Å²) in [5, 5.41) is 3.80. The van der Waals surface area contributed by atoms with Gasteiger partial charge in [0.2, 0.25) is 5.91 Å². The standard InChI is InChI=1S/C27H27N5O2/c1-19-7-9-22(10-8-19)32-24(30-27(26(32)34)13-15-31(2)16-14-27)11-12-25(33)29-21-17-20-5-3-4-6-23(20)28-18-21/h3-12,17-18H,13-16H2,1-2H3,(H,29,33). The maximum absolute atomic E-state index is 13.6. The number of amidine groups is 1. The van der Waals surface area contributed by atoms with Gasteiger partial charge in [0, 0.05) is 24.6 Å². The van der Waals surface area contributed by atoms with Crippen LogP contribution in [-0.2, 0) is 9.59 Å². The van der Waals surface area contributed by atoms with E-state index in [4.69, 9.17) is 4.99 Å². The molecule has 2 aliphatic heterocycles. The van der Waals surface area contributed by atoms with Gasteiger partial charge in [-0.1, -0.05) is 35.9 Å². The molecule has 2 amide bonds. The van der Waals surface area contributed by atoms with Crippen LogP contribution in [0.15, 0.2) is 77.9 Å². The molecule has 3 heterocycles. The van der Waals surface area contributed by atoms with E-state index in [2.05, 4.69) is 22.2 Å². The Balaban J connectivity index is 1.40. The number of para-hydroxylation sites is 1. The van der Waals surface area contributed by atoms with E-state index in [0.717, 1.165) is 35.2 Å². The highest BCUT2D eigenvalue weighted by Crippen LogP contribution is 2.36. The predicted octanol–water partition coefficient (Wildman–Crippen LogP) is 3.95. The lowest BCUT2D eigenvalue weighted by atomic mass is 9.88. The molecule has 5 rings (SSSR count). The average molecular weight is 454 g/mol. The van der Waals surface area contributed by atoms with Crippen molar-refractivity contribution in [2.24, 2.45) is 4.99 Å². The fourth-order valence-electron chi connectivity index (χ4n) is 4.47. The number of fused-ring (bicyclic) bond motifs is 1. The van der Waals surface area contributed by atoms with E-state index < -0.39 is 5.54 Å². The molecule has 1 fully saturated rings. The summed E-state index contributed by atoms with van der Waals surface area (Å²) in [7, 11) is 2.06. The van der Waals surface area contributed by atoms with Crippen molar-refractivity contribution in [2.45, 2.75) is 25.3 Å². The first-order chi connectivity index (χ1) is 16.4. The number of rotatable bonds is 4. The molecule has 3 aromatic rings. The van der Waals surface area contributed by atoms with Gasteiger partial charge in [-0.15, -0.1) is 0 Å². The number of carbonyl (C=O) groups is 2. The minimum absolute atomic E-state index is 0.0248. The SMILES string of the molecule is Cc1ccc(N2C(=O)C3(CCN(C)CC3)N=C2C=CC(=O)Nc2cnc3ccccc3c2)cc1. The fourth-order valence-corrected chi connectivity index (χ4v) is 4.47. The topological polar surface area (TPSA) is 77.9 Å². The highest BCUT2D eigenvalue weighted by Gasteiger charge is 2.49. The van der Waals surface area contributed by atoms with Crippen LogP contribution in [0.2, 0.25) is 0 Å². The highest BCUT2D eigenvalue weighted by molar-refractivity contribution is 6.28. The molecule has 1 spiro atoms. The summed E-state index contributed by atoms with van der Waals surface area (Å²) in [6.45, 7) is 3.63. The van der Waals surface area contributed by atoms with Gasteiger partial charge < -0.3 is 10.2 Å². The minimum Gasteiger partial charge on any atom is -0.321 e. The van der Waals surface area contributed by atoms with Gasteiger partial charge in [0.05, 0.1) is 23.1 Å². The van der Waals surface area contributed by atoms with Crippen molar-refractivity contribution in [3.8, 4) is 0 Å². The van der Waals surface area contributed by atoms with E-state index in [1.54, 1.807) is 17.2 Å². The molecule has 0 bridgehead atoms. The maximum atomic E-state index is 13.6. The first-order valence-electron chi connectivity index (χ1n) is 11.5. The quantitative estimate of drug-likeness (QED) is 0.607. The number of likely N-dealkylation sites (tertiary alicyclic amines) is 1. The van der Waals surface area contributed by atoms with Gasteiger partial charge in [-0.05, 0) is 57.2 Å². The van der Waals surface area contributed by atoms with Gasteiger partial charge in [0.25, 0.3) is 5.91 Å². The summed E-state index contributed by atoms with van der Waals surface area (Å²) in [5.74, 6) is 0.161. The second-order valence-electron chi connectivity index (χ2n) is 9.02. The van der Waals surface area contributed by atoms with Crippen molar-refractivity contribution in [3.63, 3.8) is 0 Å². The van der Waals surface area contributed by atoms with Crippen LogP contribution in [0.1, 0.15) is 18.4 Å². The molecular weight excluding hydrogens is 426 g/mol. The number of aromatic nitrogens is 1. The maximum Gasteiger partial charge on any atom is 0.260 e. The van der Waals surface area contributed by atoms with Crippen LogP contribution in [-0.4, -0.2) is 53.2 Å². The zero-order chi connectivity index (χ0) is 23.7. The van der Waals surface area contributed by atoms with Crippen molar-refractivity contribution >= 4 is 39.9 Å². The lowest BCUT2D eigenvalue weighted by molar-refractivity contribution is -0.123. The predicted molar refractivity (Wildman–Crippen MR) is 135 cm³/mol. The molecule has 34 heavy (non-hydrogen) atoms. The Kier molecular flexibility index (Phi) is 5.71. The van der Waals surface area contributed by atoms with Gasteiger partial charge in [-0.2, -0.15) is 0 Å². The molecule has 0 unspecified atom stereocenters. The molecule has 7 nitrogen and oxygen atoms in total. The van der Waals surface area contributed by atoms with Crippen LogP contribution in [0.25, 0.3) is 10.9 Å². The third-order valence-electron chi connectivity index (χ3n) is 6.51. The summed E-state index contributed by atoms with van der Waals surface area (Å²) >= 11 is 0. The van der Waals surface area contributed by atoms with Crippen LogP contribution >= 0.6 is 0 Å². The zero-order valence-corrected chi connectivity index (χ0v) is 19.4. The summed E-state index contributed by atoms with van der Waals surface area (Å²) in [4.78, 5) is 39.4. The number of anilines is 2. The smallest absolute Gasteiger partial charge is 0.260 e. The number of hydrogen-bond acceptors (Lipinski definition) is 5. The average Bonchev–Trinajstić information content (AvgIpc) is 3.11. The van der Waals surface area contributed by atoms with Crippen molar-refractivity contribution in [2.75, 3.05) is 30.4 Å². The molecule has 0 saturated carbocycles. The Hall–Kier alpha value is -3.84. The van der Waals surface area contributed by atoms with Gasteiger partial charge in [0.1, 0.15) is 11.4 Å². The fraction of sp³-hybridized carbons (Fsp3) is 0.259. The van der Waals surface area contributed by atoms with Crippen LogP contribution < -0.4 is 10.2 Å². The Bertz CT molecular complexity index is 1300. The molecule has 1 saturated heterocycles. The van der Waals surface area contributed by atoms with Gasteiger partial charge in [-0.3, -0.25) is 24.5 Å². The second kappa shape index (κ2) is 8.83. The first-order valence-corrected chi connectivity index (χ1v) is 11.5. The van der Waals surface area contributed by atoms with Crippen LogP contribution in [0.5, 0.6) is 0 Å². The third kappa shape index (κ3) is 4.22. The summed E-state index contributed by atoms with van der Waals surface area (Å²) in [5.41, 5.74) is 2.58. The van der Waals surface area contributed by atoms with Gasteiger partial charge in [0.15, 0.2) is 0 Å². The molecule has 172 valence electrons. The molecular formula is C27H27N5O2. The number of piperidine rings is 1. The molecule has 0 atom stereocenters. The lowest BCUT2D eigenvalue weighted by Gasteiger charge is -2.34. The first kappa shape index (κ1) is 22.0. The van der Waals surface area contributed by atoms with E-state index in [-0.39, 0.29) is 11.8 Å². The Morgan fingerprint density at radius 1 is 1.09 bits per heavy atom. The molecule has 0 aliphatic carbocycles. The normalized spacial score (nSPS) is 18.1. The summed E-state index contributed by atoms with van der Waals surface area (Å²) in [6, 6.07) is 17.4.